The minimum absolute atomic E-state index is 0.0131. The molecule has 0 bridgehead atoms. The van der Waals surface area contributed by atoms with Gasteiger partial charge in [-0.15, -0.1) is 0 Å². The van der Waals surface area contributed by atoms with E-state index in [4.69, 9.17) is 0 Å². The zero-order valence-electron chi connectivity index (χ0n) is 9.50. The molecule has 8 heteroatoms. The van der Waals surface area contributed by atoms with Crippen LogP contribution < -0.4 is 11.2 Å². The molecule has 1 N–H and O–H groups in total. The van der Waals surface area contributed by atoms with Crippen molar-refractivity contribution in [3.63, 3.8) is 0 Å². The van der Waals surface area contributed by atoms with Crippen molar-refractivity contribution in [2.45, 2.75) is 6.54 Å². The second kappa shape index (κ2) is 5.19. The van der Waals surface area contributed by atoms with E-state index in [0.29, 0.717) is 10.0 Å². The van der Waals surface area contributed by atoms with Crippen molar-refractivity contribution in [2.24, 2.45) is 0 Å². The van der Waals surface area contributed by atoms with Crippen molar-refractivity contribution in [1.82, 2.24) is 9.55 Å². The zero-order chi connectivity index (χ0) is 14.0. The number of benzene rings is 1. The third-order valence-corrected chi connectivity index (χ3v) is 2.97. The lowest BCUT2D eigenvalue weighted by Gasteiger charge is -2.05. The van der Waals surface area contributed by atoms with Gasteiger partial charge >= 0.3 is 5.69 Å². The van der Waals surface area contributed by atoms with Gasteiger partial charge in [0.15, 0.2) is 0 Å². The van der Waals surface area contributed by atoms with Crippen LogP contribution in [0, 0.1) is 10.1 Å². The van der Waals surface area contributed by atoms with Crippen LogP contribution in [-0.2, 0) is 6.54 Å². The van der Waals surface area contributed by atoms with Crippen LogP contribution in [-0.4, -0.2) is 14.5 Å². The Hall–Kier alpha value is -2.22. The average molecular weight is 326 g/mol. The van der Waals surface area contributed by atoms with Crippen LogP contribution in [0.15, 0.2) is 44.5 Å². The molecule has 0 atom stereocenters. The first-order valence-electron chi connectivity index (χ1n) is 5.20. The summed E-state index contributed by atoms with van der Waals surface area (Å²) in [5, 5.41) is 10.9. The second-order valence-corrected chi connectivity index (χ2v) is 4.68. The highest BCUT2D eigenvalue weighted by molar-refractivity contribution is 9.10. The average Bonchev–Trinajstić information content (AvgIpc) is 2.34. The maximum Gasteiger partial charge on any atom is 0.328 e. The highest BCUT2D eigenvalue weighted by Crippen LogP contribution is 2.23. The summed E-state index contributed by atoms with van der Waals surface area (Å²) in [7, 11) is 0. The Balaban J connectivity index is 2.46. The number of rotatable bonds is 3. The Bertz CT molecular complexity index is 750. The van der Waals surface area contributed by atoms with E-state index < -0.39 is 16.2 Å². The van der Waals surface area contributed by atoms with E-state index in [-0.39, 0.29) is 12.2 Å². The van der Waals surface area contributed by atoms with Gasteiger partial charge in [0.05, 0.1) is 11.5 Å². The molecule has 7 nitrogen and oxygen atoms in total. The van der Waals surface area contributed by atoms with Crippen LogP contribution in [0.4, 0.5) is 5.69 Å². The molecule has 0 fully saturated rings. The number of nitro benzene ring substituents is 1. The third kappa shape index (κ3) is 2.97. The van der Waals surface area contributed by atoms with E-state index in [1.54, 1.807) is 12.1 Å². The van der Waals surface area contributed by atoms with Crippen LogP contribution in [0.3, 0.4) is 0 Å². The van der Waals surface area contributed by atoms with Gasteiger partial charge in [0, 0.05) is 28.4 Å². The van der Waals surface area contributed by atoms with Gasteiger partial charge in [0.2, 0.25) is 0 Å². The van der Waals surface area contributed by atoms with Crippen molar-refractivity contribution in [3.8, 4) is 0 Å². The molecule has 98 valence electrons. The quantitative estimate of drug-likeness (QED) is 0.678. The minimum Gasteiger partial charge on any atom is -0.296 e. The molecule has 2 aromatic rings. The SMILES string of the molecule is O=c1ccn(Cc2ccc(Br)cc2[N+](=O)[O-])c(=O)[nH]1. The Morgan fingerprint density at radius 1 is 1.32 bits per heavy atom. The lowest BCUT2D eigenvalue weighted by molar-refractivity contribution is -0.385. The number of hydrogen-bond acceptors (Lipinski definition) is 4. The fraction of sp³-hybridized carbons (Fsp3) is 0.0909. The molecule has 0 saturated heterocycles. The molecular formula is C11H8BrN3O4. The molecule has 0 unspecified atom stereocenters. The van der Waals surface area contributed by atoms with Crippen LogP contribution in [0.5, 0.6) is 0 Å². The predicted octanol–water partition coefficient (Wildman–Crippen LogP) is 1.26. The van der Waals surface area contributed by atoms with Gasteiger partial charge in [-0.25, -0.2) is 4.79 Å². The first-order valence-corrected chi connectivity index (χ1v) is 5.99. The zero-order valence-corrected chi connectivity index (χ0v) is 11.1. The molecule has 0 spiro atoms. The molecule has 0 aliphatic rings. The summed E-state index contributed by atoms with van der Waals surface area (Å²) in [6.45, 7) is 0.0131. The summed E-state index contributed by atoms with van der Waals surface area (Å²) >= 11 is 3.15. The van der Waals surface area contributed by atoms with Crippen molar-refractivity contribution >= 4 is 21.6 Å². The summed E-state index contributed by atoms with van der Waals surface area (Å²) in [5.74, 6) is 0. The first kappa shape index (κ1) is 13.2. The van der Waals surface area contributed by atoms with Gasteiger partial charge in [-0.1, -0.05) is 15.9 Å². The lowest BCUT2D eigenvalue weighted by atomic mass is 10.2. The summed E-state index contributed by atoms with van der Waals surface area (Å²) in [5.41, 5.74) is -0.828. The molecule has 1 heterocycles. The van der Waals surface area contributed by atoms with Crippen LogP contribution in [0.1, 0.15) is 5.56 Å². The van der Waals surface area contributed by atoms with Gasteiger partial charge in [-0.3, -0.25) is 24.5 Å². The normalized spacial score (nSPS) is 10.4. The highest BCUT2D eigenvalue weighted by Gasteiger charge is 2.14. The molecule has 19 heavy (non-hydrogen) atoms. The van der Waals surface area contributed by atoms with Crippen LogP contribution in [0.2, 0.25) is 0 Å². The van der Waals surface area contributed by atoms with E-state index in [0.717, 1.165) is 0 Å². The number of nitro groups is 1. The summed E-state index contributed by atoms with van der Waals surface area (Å²) < 4.78 is 1.77. The molecule has 0 aliphatic heterocycles. The molecule has 1 aromatic carbocycles. The largest absolute Gasteiger partial charge is 0.328 e. The molecule has 2 rings (SSSR count). The monoisotopic (exact) mass is 325 g/mol. The minimum atomic E-state index is -0.607. The molecule has 1 aromatic heterocycles. The van der Waals surface area contributed by atoms with E-state index in [1.165, 1.54) is 22.9 Å². The number of H-pyrrole nitrogens is 1. The number of nitrogens with one attached hydrogen (secondary N) is 1. The maximum absolute atomic E-state index is 11.5. The Labute approximate surface area is 114 Å². The van der Waals surface area contributed by atoms with Gasteiger partial charge < -0.3 is 0 Å². The van der Waals surface area contributed by atoms with Crippen LogP contribution in [0.25, 0.3) is 0 Å². The fourth-order valence-electron chi connectivity index (χ4n) is 1.59. The number of aromatic amines is 1. The fourth-order valence-corrected chi connectivity index (χ4v) is 1.94. The number of aromatic nitrogens is 2. The van der Waals surface area contributed by atoms with E-state index in [1.807, 2.05) is 0 Å². The maximum atomic E-state index is 11.5. The summed E-state index contributed by atoms with van der Waals surface area (Å²) in [6.07, 6.45) is 1.30. The van der Waals surface area contributed by atoms with Gasteiger partial charge in [0.1, 0.15) is 0 Å². The molecule has 0 saturated carbocycles. The van der Waals surface area contributed by atoms with E-state index in [9.17, 15) is 19.7 Å². The first-order chi connectivity index (χ1) is 8.97. The number of halogens is 1. The third-order valence-electron chi connectivity index (χ3n) is 2.48. The van der Waals surface area contributed by atoms with Crippen molar-refractivity contribution in [1.29, 1.82) is 0 Å². The molecular weight excluding hydrogens is 318 g/mol. The molecule has 0 amide bonds. The molecule has 0 aliphatic carbocycles. The summed E-state index contributed by atoms with van der Waals surface area (Å²) in [6, 6.07) is 5.76. The van der Waals surface area contributed by atoms with Gasteiger partial charge in [-0.2, -0.15) is 0 Å². The number of nitrogens with zero attached hydrogens (tertiary/aromatic N) is 2. The van der Waals surface area contributed by atoms with E-state index >= 15 is 0 Å². The standard InChI is InChI=1S/C11H8BrN3O4/c12-8-2-1-7(9(5-8)15(18)19)6-14-4-3-10(16)13-11(14)17/h1-5H,6H2,(H,13,16,17). The van der Waals surface area contributed by atoms with Crippen molar-refractivity contribution in [2.75, 3.05) is 0 Å². The molecule has 0 radical (unpaired) electrons. The Kier molecular flexibility index (Phi) is 3.61. The van der Waals surface area contributed by atoms with Crippen molar-refractivity contribution < 1.29 is 4.92 Å². The Morgan fingerprint density at radius 3 is 2.68 bits per heavy atom. The topological polar surface area (TPSA) is 98.0 Å². The second-order valence-electron chi connectivity index (χ2n) is 3.77. The van der Waals surface area contributed by atoms with Crippen LogP contribution >= 0.6 is 15.9 Å². The van der Waals surface area contributed by atoms with Gasteiger partial charge in [-0.05, 0) is 12.1 Å². The number of hydrogen-bond donors (Lipinski definition) is 1. The van der Waals surface area contributed by atoms with Gasteiger partial charge in [0.25, 0.3) is 11.2 Å². The summed E-state index contributed by atoms with van der Waals surface area (Å²) in [4.78, 5) is 35.0. The lowest BCUT2D eigenvalue weighted by Crippen LogP contribution is -2.29. The van der Waals surface area contributed by atoms with E-state index in [2.05, 4.69) is 20.9 Å². The Morgan fingerprint density at radius 2 is 2.05 bits per heavy atom. The smallest absolute Gasteiger partial charge is 0.296 e. The van der Waals surface area contributed by atoms with Crippen molar-refractivity contribution in [3.05, 3.63) is 71.5 Å². The highest BCUT2D eigenvalue weighted by atomic mass is 79.9. The predicted molar refractivity (Wildman–Crippen MR) is 71.2 cm³/mol.